The van der Waals surface area contributed by atoms with Crippen LogP contribution in [0.3, 0.4) is 0 Å². The first-order valence-corrected chi connectivity index (χ1v) is 14.3. The van der Waals surface area contributed by atoms with Crippen LogP contribution in [0.4, 0.5) is 0 Å². The third-order valence-corrected chi connectivity index (χ3v) is 8.98. The van der Waals surface area contributed by atoms with E-state index in [4.69, 9.17) is 9.47 Å². The third kappa shape index (κ3) is 6.29. The van der Waals surface area contributed by atoms with Crippen molar-refractivity contribution in [3.8, 4) is 0 Å². The number of likely N-dealkylation sites (tertiary alicyclic amines) is 2. The maximum atomic E-state index is 13.0. The highest BCUT2D eigenvalue weighted by atomic mass is 16.5. The van der Waals surface area contributed by atoms with E-state index in [1.165, 1.54) is 11.1 Å². The van der Waals surface area contributed by atoms with Gasteiger partial charge in [0.1, 0.15) is 13.2 Å². The topological polar surface area (TPSA) is 59.1 Å². The summed E-state index contributed by atoms with van der Waals surface area (Å²) >= 11 is 0. The van der Waals surface area contributed by atoms with Gasteiger partial charge in [-0.15, -0.1) is 0 Å². The van der Waals surface area contributed by atoms with E-state index in [1.807, 2.05) is 36.4 Å². The Balaban J connectivity index is 1.21. The summed E-state index contributed by atoms with van der Waals surface area (Å²) in [5.74, 6) is -0.744. The number of esters is 2. The van der Waals surface area contributed by atoms with Crippen molar-refractivity contribution in [1.82, 2.24) is 9.80 Å². The predicted molar refractivity (Wildman–Crippen MR) is 157 cm³/mol. The highest BCUT2D eigenvalue weighted by Gasteiger charge is 2.38. The van der Waals surface area contributed by atoms with Crippen molar-refractivity contribution in [2.75, 3.05) is 53.5 Å². The number of rotatable bonds is 8. The zero-order chi connectivity index (χ0) is 28.0. The predicted octanol–water partition coefficient (Wildman–Crippen LogP) is 5.33. The second-order valence-corrected chi connectivity index (χ2v) is 11.6. The van der Waals surface area contributed by atoms with E-state index in [0.717, 1.165) is 51.9 Å². The van der Waals surface area contributed by atoms with Crippen molar-refractivity contribution in [3.05, 3.63) is 107 Å². The summed E-state index contributed by atoms with van der Waals surface area (Å²) in [7, 11) is 4.26. The summed E-state index contributed by atoms with van der Waals surface area (Å²) in [5, 5.41) is 0. The van der Waals surface area contributed by atoms with Crippen molar-refractivity contribution in [3.63, 3.8) is 0 Å². The van der Waals surface area contributed by atoms with Crippen molar-refractivity contribution in [1.29, 1.82) is 0 Å². The van der Waals surface area contributed by atoms with Crippen LogP contribution in [0, 0.1) is 0 Å². The average molecular weight is 541 g/mol. The molecule has 2 heterocycles. The summed E-state index contributed by atoms with van der Waals surface area (Å²) in [6, 6.07) is 27.4. The van der Waals surface area contributed by atoms with Gasteiger partial charge in [-0.3, -0.25) is 0 Å². The first-order valence-electron chi connectivity index (χ1n) is 14.3. The Labute approximate surface area is 237 Å². The Bertz CT molecular complexity index is 1160. The molecule has 0 bridgehead atoms. The monoisotopic (exact) mass is 540 g/mol. The highest BCUT2D eigenvalue weighted by Crippen LogP contribution is 2.37. The number of hydrogen-bond donors (Lipinski definition) is 0. The summed E-state index contributed by atoms with van der Waals surface area (Å²) in [4.78, 5) is 30.7. The van der Waals surface area contributed by atoms with Gasteiger partial charge in [-0.1, -0.05) is 60.7 Å². The van der Waals surface area contributed by atoms with Crippen LogP contribution in [-0.2, 0) is 20.3 Å². The van der Waals surface area contributed by atoms with Crippen LogP contribution in [0.15, 0.2) is 84.9 Å². The lowest BCUT2D eigenvalue weighted by atomic mass is 9.73. The number of nitrogens with zero attached hydrogens (tertiary/aromatic N) is 2. The van der Waals surface area contributed by atoms with Gasteiger partial charge in [-0.05, 0) is 101 Å². The molecule has 0 unspecified atom stereocenters. The van der Waals surface area contributed by atoms with Crippen LogP contribution in [0.1, 0.15) is 57.5 Å². The molecule has 2 saturated heterocycles. The van der Waals surface area contributed by atoms with E-state index in [9.17, 15) is 9.59 Å². The Morgan fingerprint density at radius 2 is 0.900 bits per heavy atom. The maximum Gasteiger partial charge on any atom is 0.338 e. The van der Waals surface area contributed by atoms with E-state index in [0.29, 0.717) is 24.3 Å². The largest absolute Gasteiger partial charge is 0.461 e. The molecule has 2 fully saturated rings. The van der Waals surface area contributed by atoms with E-state index >= 15 is 0 Å². The van der Waals surface area contributed by atoms with Gasteiger partial charge >= 0.3 is 11.9 Å². The molecule has 0 amide bonds. The summed E-state index contributed by atoms with van der Waals surface area (Å²) in [6.07, 6.45) is 3.75. The Morgan fingerprint density at radius 1 is 0.575 bits per heavy atom. The van der Waals surface area contributed by atoms with Gasteiger partial charge < -0.3 is 19.3 Å². The molecule has 2 aliphatic heterocycles. The van der Waals surface area contributed by atoms with Gasteiger partial charge in [0, 0.05) is 10.8 Å². The normalized spacial score (nSPS) is 19.1. The Kier molecular flexibility index (Phi) is 8.67. The number of benzene rings is 3. The molecule has 40 heavy (non-hydrogen) atoms. The van der Waals surface area contributed by atoms with Gasteiger partial charge in [0.2, 0.25) is 0 Å². The average Bonchev–Trinajstić information content (AvgIpc) is 3.01. The van der Waals surface area contributed by atoms with Gasteiger partial charge in [-0.2, -0.15) is 0 Å². The lowest BCUT2D eigenvalue weighted by Gasteiger charge is -2.40. The molecule has 3 aromatic rings. The molecule has 0 aliphatic carbocycles. The number of carbonyl (C=O) groups is 2. The van der Waals surface area contributed by atoms with Gasteiger partial charge in [0.15, 0.2) is 0 Å². The molecule has 6 nitrogen and oxygen atoms in total. The molecule has 5 rings (SSSR count). The fourth-order valence-corrected chi connectivity index (χ4v) is 6.03. The van der Waals surface area contributed by atoms with E-state index < -0.39 is 0 Å². The molecule has 6 heteroatoms. The Hall–Kier alpha value is -3.48. The van der Waals surface area contributed by atoms with E-state index in [2.05, 4.69) is 48.2 Å². The molecule has 0 saturated carbocycles. The molecule has 0 radical (unpaired) electrons. The second-order valence-electron chi connectivity index (χ2n) is 11.6. The molecule has 0 atom stereocenters. The summed E-state index contributed by atoms with van der Waals surface area (Å²) in [6.45, 7) is 4.53. The molecule has 210 valence electrons. The first kappa shape index (κ1) is 28.1. The van der Waals surface area contributed by atoms with Crippen LogP contribution >= 0.6 is 0 Å². The van der Waals surface area contributed by atoms with Crippen LogP contribution in [-0.4, -0.2) is 75.2 Å². The minimum Gasteiger partial charge on any atom is -0.461 e. The number of ether oxygens (including phenoxy) is 2. The molecule has 0 aromatic heterocycles. The summed E-state index contributed by atoms with van der Waals surface area (Å²) in [5.41, 5.74) is 2.93. The van der Waals surface area contributed by atoms with Crippen molar-refractivity contribution in [2.24, 2.45) is 0 Å². The maximum absolute atomic E-state index is 13.0. The van der Waals surface area contributed by atoms with Crippen molar-refractivity contribution < 1.29 is 19.1 Å². The first-order chi connectivity index (χ1) is 19.4. The van der Waals surface area contributed by atoms with Crippen molar-refractivity contribution >= 4 is 11.9 Å². The third-order valence-electron chi connectivity index (χ3n) is 8.98. The van der Waals surface area contributed by atoms with Gasteiger partial charge in [-0.25, -0.2) is 9.59 Å². The quantitative estimate of drug-likeness (QED) is 0.360. The zero-order valence-corrected chi connectivity index (χ0v) is 23.7. The fraction of sp³-hybridized carbons (Fsp3) is 0.412. The van der Waals surface area contributed by atoms with Crippen LogP contribution in [0.2, 0.25) is 0 Å². The molecule has 2 aliphatic rings. The minimum absolute atomic E-state index is 0.185. The standard InChI is InChI=1S/C34H40N2O4/c1-35-21-17-33(18-22-35,29-9-5-3-6-10-29)25-39-31(37)27-13-15-28(16-14-27)32(38)40-26-34(19-23-36(2)24-20-34)30-11-7-4-8-12-30/h3-16H,17-26H2,1-2H3. The molecular formula is C34H40N2O4. The van der Waals surface area contributed by atoms with Crippen LogP contribution < -0.4 is 0 Å². The molecule has 0 N–H and O–H groups in total. The molecule has 3 aromatic carbocycles. The minimum atomic E-state index is -0.372. The number of carbonyl (C=O) groups excluding carboxylic acids is 2. The fourth-order valence-electron chi connectivity index (χ4n) is 6.03. The smallest absolute Gasteiger partial charge is 0.338 e. The highest BCUT2D eigenvalue weighted by molar-refractivity contribution is 5.93. The number of piperidine rings is 2. The van der Waals surface area contributed by atoms with E-state index in [-0.39, 0.29) is 22.8 Å². The summed E-state index contributed by atoms with van der Waals surface area (Å²) < 4.78 is 11.8. The lowest BCUT2D eigenvalue weighted by Crippen LogP contribution is -2.44. The van der Waals surface area contributed by atoms with Gasteiger partial charge in [0.05, 0.1) is 11.1 Å². The van der Waals surface area contributed by atoms with E-state index in [1.54, 1.807) is 24.3 Å². The zero-order valence-electron chi connectivity index (χ0n) is 23.7. The SMILES string of the molecule is CN1CCC(COC(=O)c2ccc(C(=O)OCC3(c4ccccc4)CCN(C)CC3)cc2)(c2ccccc2)CC1. The lowest BCUT2D eigenvalue weighted by molar-refractivity contribution is 0.0299. The number of hydrogen-bond acceptors (Lipinski definition) is 6. The van der Waals surface area contributed by atoms with Gasteiger partial charge in [0.25, 0.3) is 0 Å². The Morgan fingerprint density at radius 3 is 1.23 bits per heavy atom. The molecule has 0 spiro atoms. The van der Waals surface area contributed by atoms with Crippen LogP contribution in [0.5, 0.6) is 0 Å². The van der Waals surface area contributed by atoms with Crippen molar-refractivity contribution in [2.45, 2.75) is 36.5 Å². The van der Waals surface area contributed by atoms with Crippen LogP contribution in [0.25, 0.3) is 0 Å². The second kappa shape index (κ2) is 12.4. The molecular weight excluding hydrogens is 500 g/mol.